The lowest BCUT2D eigenvalue weighted by molar-refractivity contribution is 0.208. The summed E-state index contributed by atoms with van der Waals surface area (Å²) in [5.41, 5.74) is 1.72. The van der Waals surface area contributed by atoms with Gasteiger partial charge in [-0.3, -0.25) is 0 Å². The average Bonchev–Trinajstić information content (AvgIpc) is 2.48. The van der Waals surface area contributed by atoms with Crippen molar-refractivity contribution in [1.29, 1.82) is 0 Å². The fourth-order valence-electron chi connectivity index (χ4n) is 2.94. The van der Waals surface area contributed by atoms with E-state index in [4.69, 9.17) is 0 Å². The van der Waals surface area contributed by atoms with Gasteiger partial charge in [0.25, 0.3) is 0 Å². The van der Waals surface area contributed by atoms with Crippen LogP contribution in [0.1, 0.15) is 32.3 Å². The predicted octanol–water partition coefficient (Wildman–Crippen LogP) is 2.78. The molecule has 0 amide bonds. The molecule has 1 heterocycles. The van der Waals surface area contributed by atoms with Gasteiger partial charge in [0, 0.05) is 37.5 Å². The molecule has 0 aromatic heterocycles. The zero-order valence-electron chi connectivity index (χ0n) is 13.1. The molecule has 1 unspecified atom stereocenters. The number of hydrogen-bond acceptors (Lipinski definition) is 3. The average molecular weight is 294 g/mol. The number of nitrogens with zero attached hydrogens (tertiary/aromatic N) is 1. The van der Waals surface area contributed by atoms with E-state index in [1.54, 1.807) is 6.07 Å². The molecule has 1 saturated heterocycles. The van der Waals surface area contributed by atoms with Crippen LogP contribution in [0.5, 0.6) is 0 Å². The van der Waals surface area contributed by atoms with Crippen LogP contribution >= 0.6 is 0 Å². The predicted molar refractivity (Wildman–Crippen MR) is 85.0 cm³/mol. The third-order valence-electron chi connectivity index (χ3n) is 4.07. The van der Waals surface area contributed by atoms with Crippen LogP contribution in [0.2, 0.25) is 0 Å². The molecule has 3 nitrogen and oxygen atoms in total. The molecule has 0 bridgehead atoms. The molecule has 1 aromatic carbocycles. The van der Waals surface area contributed by atoms with Crippen molar-refractivity contribution in [2.45, 2.75) is 33.2 Å². The van der Waals surface area contributed by atoms with Crippen LogP contribution in [0.4, 0.5) is 10.1 Å². The highest BCUT2D eigenvalue weighted by molar-refractivity contribution is 5.54. The van der Waals surface area contributed by atoms with Gasteiger partial charge in [0.15, 0.2) is 0 Å². The molecule has 1 atom stereocenters. The maximum Gasteiger partial charge on any atom is 0.129 e. The number of hydrogen-bond donors (Lipinski definition) is 2. The largest absolute Gasteiger partial charge is 0.396 e. The van der Waals surface area contributed by atoms with E-state index in [0.717, 1.165) is 43.7 Å². The van der Waals surface area contributed by atoms with Crippen molar-refractivity contribution in [1.82, 2.24) is 5.32 Å². The van der Waals surface area contributed by atoms with Crippen molar-refractivity contribution < 1.29 is 9.50 Å². The first-order valence-corrected chi connectivity index (χ1v) is 7.95. The second-order valence-corrected chi connectivity index (χ2v) is 6.40. The summed E-state index contributed by atoms with van der Waals surface area (Å²) in [7, 11) is 0. The number of nitrogens with one attached hydrogen (secondary N) is 1. The number of rotatable bonds is 6. The van der Waals surface area contributed by atoms with E-state index in [9.17, 15) is 9.50 Å². The Labute approximate surface area is 127 Å². The van der Waals surface area contributed by atoms with E-state index in [2.05, 4.69) is 24.1 Å². The molecule has 1 fully saturated rings. The second-order valence-electron chi connectivity index (χ2n) is 6.40. The summed E-state index contributed by atoms with van der Waals surface area (Å²) in [6, 6.07) is 5.30. The number of piperidine rings is 1. The molecule has 1 aliphatic heterocycles. The monoisotopic (exact) mass is 294 g/mol. The maximum atomic E-state index is 14.2. The lowest BCUT2D eigenvalue weighted by Gasteiger charge is -2.35. The third-order valence-corrected chi connectivity index (χ3v) is 4.07. The van der Waals surface area contributed by atoms with Crippen molar-refractivity contribution in [2.75, 3.05) is 31.1 Å². The third kappa shape index (κ3) is 4.42. The van der Waals surface area contributed by atoms with E-state index in [1.165, 1.54) is 6.07 Å². The van der Waals surface area contributed by atoms with Crippen molar-refractivity contribution in [2.24, 2.45) is 11.8 Å². The smallest absolute Gasteiger partial charge is 0.129 e. The summed E-state index contributed by atoms with van der Waals surface area (Å²) in [6.45, 7) is 7.70. The van der Waals surface area contributed by atoms with E-state index in [-0.39, 0.29) is 12.4 Å². The number of halogens is 1. The molecule has 2 rings (SSSR count). The molecule has 1 aromatic rings. The molecule has 0 saturated carbocycles. The number of aliphatic hydroxyl groups is 1. The Balaban J connectivity index is 2.12. The number of aliphatic hydroxyl groups excluding tert-OH is 1. The summed E-state index contributed by atoms with van der Waals surface area (Å²) >= 11 is 0. The Hall–Kier alpha value is -1.13. The van der Waals surface area contributed by atoms with Gasteiger partial charge in [-0.05, 0) is 43.4 Å². The topological polar surface area (TPSA) is 35.5 Å². The van der Waals surface area contributed by atoms with Crippen molar-refractivity contribution in [3.8, 4) is 0 Å². The lowest BCUT2D eigenvalue weighted by Crippen LogP contribution is -2.37. The van der Waals surface area contributed by atoms with Gasteiger partial charge in [-0.2, -0.15) is 0 Å². The maximum absolute atomic E-state index is 14.2. The zero-order valence-corrected chi connectivity index (χ0v) is 13.1. The van der Waals surface area contributed by atoms with Crippen LogP contribution in [0.25, 0.3) is 0 Å². The van der Waals surface area contributed by atoms with Gasteiger partial charge in [0.05, 0.1) is 0 Å². The first-order chi connectivity index (χ1) is 10.1. The normalized spacial score (nSPS) is 19.3. The van der Waals surface area contributed by atoms with Crippen molar-refractivity contribution in [3.63, 3.8) is 0 Å². The summed E-state index contributed by atoms with van der Waals surface area (Å²) in [5.74, 6) is 0.711. The Kier molecular flexibility index (Phi) is 6.00. The number of benzene rings is 1. The fourth-order valence-corrected chi connectivity index (χ4v) is 2.94. The second kappa shape index (κ2) is 7.76. The summed E-state index contributed by atoms with van der Waals surface area (Å²) in [4.78, 5) is 2.22. The minimum absolute atomic E-state index is 0.144. The van der Waals surface area contributed by atoms with Gasteiger partial charge in [-0.25, -0.2) is 4.39 Å². The van der Waals surface area contributed by atoms with Crippen LogP contribution in [-0.2, 0) is 6.54 Å². The molecule has 21 heavy (non-hydrogen) atoms. The Bertz CT molecular complexity index is 450. The van der Waals surface area contributed by atoms with Crippen LogP contribution in [0, 0.1) is 17.7 Å². The molecule has 0 spiro atoms. The van der Waals surface area contributed by atoms with Gasteiger partial charge in [-0.1, -0.05) is 19.9 Å². The summed E-state index contributed by atoms with van der Waals surface area (Å²) in [6.07, 6.45) is 2.11. The first-order valence-electron chi connectivity index (χ1n) is 7.95. The van der Waals surface area contributed by atoms with E-state index in [0.29, 0.717) is 18.4 Å². The molecule has 1 aliphatic rings. The number of anilines is 1. The van der Waals surface area contributed by atoms with Crippen molar-refractivity contribution >= 4 is 5.69 Å². The molecule has 2 N–H and O–H groups in total. The Morgan fingerprint density at radius 1 is 1.43 bits per heavy atom. The van der Waals surface area contributed by atoms with Gasteiger partial charge in [0.2, 0.25) is 0 Å². The van der Waals surface area contributed by atoms with Crippen LogP contribution < -0.4 is 10.2 Å². The van der Waals surface area contributed by atoms with E-state index < -0.39 is 0 Å². The summed E-state index contributed by atoms with van der Waals surface area (Å²) in [5, 5.41) is 12.7. The Morgan fingerprint density at radius 2 is 2.24 bits per heavy atom. The minimum Gasteiger partial charge on any atom is -0.396 e. The molecular formula is C17H27FN2O. The minimum atomic E-state index is -0.144. The molecular weight excluding hydrogens is 267 g/mol. The highest BCUT2D eigenvalue weighted by Gasteiger charge is 2.22. The van der Waals surface area contributed by atoms with E-state index >= 15 is 0 Å². The fraction of sp³-hybridized carbons (Fsp3) is 0.647. The molecule has 118 valence electrons. The van der Waals surface area contributed by atoms with Gasteiger partial charge in [0.1, 0.15) is 5.82 Å². The molecule has 0 radical (unpaired) electrons. The van der Waals surface area contributed by atoms with E-state index in [1.807, 2.05) is 6.07 Å². The van der Waals surface area contributed by atoms with Gasteiger partial charge >= 0.3 is 0 Å². The zero-order chi connectivity index (χ0) is 15.2. The SMILES string of the molecule is CC(C)CNCc1c(F)cccc1N1CCCC(CO)C1. The van der Waals surface area contributed by atoms with Crippen LogP contribution in [0.3, 0.4) is 0 Å². The first kappa shape index (κ1) is 16.2. The quantitative estimate of drug-likeness (QED) is 0.847. The Morgan fingerprint density at radius 3 is 2.95 bits per heavy atom. The highest BCUT2D eigenvalue weighted by atomic mass is 19.1. The molecule has 0 aliphatic carbocycles. The summed E-state index contributed by atoms with van der Waals surface area (Å²) < 4.78 is 14.2. The lowest BCUT2D eigenvalue weighted by atomic mass is 9.97. The molecule has 4 heteroatoms. The van der Waals surface area contributed by atoms with Gasteiger partial charge < -0.3 is 15.3 Å². The van der Waals surface area contributed by atoms with Crippen molar-refractivity contribution in [3.05, 3.63) is 29.6 Å². The van der Waals surface area contributed by atoms with Crippen LogP contribution in [-0.4, -0.2) is 31.3 Å². The standard InChI is InChI=1S/C17H27FN2O/c1-13(2)9-19-10-15-16(18)6-3-7-17(15)20-8-4-5-14(11-20)12-21/h3,6-7,13-14,19,21H,4-5,8-12H2,1-2H3. The van der Waals surface area contributed by atoms with Crippen LogP contribution in [0.15, 0.2) is 18.2 Å². The van der Waals surface area contributed by atoms with Gasteiger partial charge in [-0.15, -0.1) is 0 Å². The highest BCUT2D eigenvalue weighted by Crippen LogP contribution is 2.28.